The van der Waals surface area contributed by atoms with Gasteiger partial charge in [-0.15, -0.1) is 0 Å². The van der Waals surface area contributed by atoms with Crippen LogP contribution in [0.3, 0.4) is 0 Å². The van der Waals surface area contributed by atoms with E-state index < -0.39 is 0 Å². The van der Waals surface area contributed by atoms with Crippen LogP contribution in [0, 0.1) is 0 Å². The van der Waals surface area contributed by atoms with Crippen molar-refractivity contribution in [2.75, 3.05) is 0 Å². The van der Waals surface area contributed by atoms with E-state index in [9.17, 15) is 0 Å². The molecule has 0 spiro atoms. The van der Waals surface area contributed by atoms with Crippen molar-refractivity contribution in [3.05, 3.63) is 181 Å². The Kier molecular flexibility index (Phi) is 8.08. The Morgan fingerprint density at radius 1 is 0.353 bits per heavy atom. The maximum Gasteiger partial charge on any atom is 0.164 e. The maximum atomic E-state index is 5.10. The molecule has 0 radical (unpaired) electrons. The van der Waals surface area contributed by atoms with Crippen LogP contribution in [-0.2, 0) is 0 Å². The van der Waals surface area contributed by atoms with Crippen molar-refractivity contribution in [1.82, 2.24) is 19.9 Å². The monoisotopic (exact) mass is 670 g/mol. The van der Waals surface area contributed by atoms with Crippen LogP contribution < -0.4 is 0 Å². The second-order valence-corrected chi connectivity index (χ2v) is 13.4. The van der Waals surface area contributed by atoms with E-state index in [1.807, 2.05) is 42.6 Å². The molecule has 2 aromatic heterocycles. The minimum atomic E-state index is 0.622. The first-order valence-corrected chi connectivity index (χ1v) is 17.7. The van der Waals surface area contributed by atoms with Gasteiger partial charge in [0.15, 0.2) is 17.5 Å². The number of hydrogen-bond donors (Lipinski definition) is 0. The Hall–Kier alpha value is -6.43. The molecule has 0 saturated carbocycles. The fourth-order valence-electron chi connectivity index (χ4n) is 6.51. The molecule has 0 atom stereocenters. The second-order valence-electron chi connectivity index (χ2n) is 12.3. The van der Waals surface area contributed by atoms with Gasteiger partial charge in [0.25, 0.3) is 0 Å². The normalized spacial score (nSPS) is 11.8. The molecule has 5 heteroatoms. The van der Waals surface area contributed by atoms with Crippen LogP contribution in [0.1, 0.15) is 11.1 Å². The predicted octanol–water partition coefficient (Wildman–Crippen LogP) is 11.9. The van der Waals surface area contributed by atoms with Crippen LogP contribution >= 0.6 is 11.8 Å². The van der Waals surface area contributed by atoms with Crippen LogP contribution in [0.4, 0.5) is 0 Å². The Morgan fingerprint density at radius 3 is 1.55 bits per heavy atom. The lowest BCUT2D eigenvalue weighted by atomic mass is 9.95. The summed E-state index contributed by atoms with van der Waals surface area (Å²) in [6, 6.07) is 54.9. The Balaban J connectivity index is 1.21. The molecule has 4 nitrogen and oxygen atoms in total. The third kappa shape index (κ3) is 6.16. The van der Waals surface area contributed by atoms with Gasteiger partial charge >= 0.3 is 0 Å². The third-order valence-corrected chi connectivity index (χ3v) is 10.2. The van der Waals surface area contributed by atoms with Crippen molar-refractivity contribution in [2.45, 2.75) is 9.79 Å². The van der Waals surface area contributed by atoms with Crippen LogP contribution in [0.2, 0.25) is 0 Å². The molecule has 9 rings (SSSR count). The summed E-state index contributed by atoms with van der Waals surface area (Å²) in [5.41, 5.74) is 11.9. The third-order valence-electron chi connectivity index (χ3n) is 9.09. The van der Waals surface area contributed by atoms with Crippen LogP contribution in [0.5, 0.6) is 0 Å². The van der Waals surface area contributed by atoms with Crippen molar-refractivity contribution in [3.63, 3.8) is 0 Å². The van der Waals surface area contributed by atoms with Crippen LogP contribution in [0.25, 0.3) is 79.7 Å². The molecule has 51 heavy (non-hydrogen) atoms. The number of fused-ring (bicyclic) bond motifs is 6. The molecule has 0 aliphatic carbocycles. The van der Waals surface area contributed by atoms with E-state index >= 15 is 0 Å². The molecule has 0 fully saturated rings. The molecule has 0 N–H and O–H groups in total. The number of benzene rings is 6. The molecule has 0 amide bonds. The van der Waals surface area contributed by atoms with E-state index in [2.05, 4.69) is 138 Å². The Bertz CT molecular complexity index is 2550. The fourth-order valence-corrected chi connectivity index (χ4v) is 7.62. The molecule has 0 saturated heterocycles. The van der Waals surface area contributed by atoms with Crippen molar-refractivity contribution in [1.29, 1.82) is 0 Å². The minimum Gasteiger partial charge on any atom is -0.264 e. The summed E-state index contributed by atoms with van der Waals surface area (Å²) in [4.78, 5) is 21.8. The number of aromatic nitrogens is 4. The Morgan fingerprint density at radius 2 is 0.863 bits per heavy atom. The smallest absolute Gasteiger partial charge is 0.164 e. The van der Waals surface area contributed by atoms with Gasteiger partial charge in [0.05, 0.1) is 0 Å². The average molecular weight is 671 g/mol. The summed E-state index contributed by atoms with van der Waals surface area (Å²) < 4.78 is 0. The number of hydrogen-bond acceptors (Lipinski definition) is 5. The van der Waals surface area contributed by atoms with Gasteiger partial charge in [-0.1, -0.05) is 157 Å². The molecule has 3 heterocycles. The summed E-state index contributed by atoms with van der Waals surface area (Å²) in [7, 11) is 0. The van der Waals surface area contributed by atoms with E-state index in [1.165, 1.54) is 26.5 Å². The standard InChI is InChI=1S/C46H30N4S/c1-2-12-34(13-3-1)44-48-45(35-25-20-31(21-26-35)37-14-10-28-47-30-37)50-46(49-44)36-27-24-33-23-22-32-11-4-5-15-38(32)39-16-6-8-18-42(39)51-43-19-9-7-17-40(43)41(33)29-36/h1-30H. The number of nitrogens with zero attached hydrogens (tertiary/aromatic N) is 4. The first-order chi connectivity index (χ1) is 25.3. The van der Waals surface area contributed by atoms with Gasteiger partial charge in [0, 0.05) is 38.9 Å². The highest BCUT2D eigenvalue weighted by Gasteiger charge is 2.18. The lowest BCUT2D eigenvalue weighted by Crippen LogP contribution is -2.00. The zero-order chi connectivity index (χ0) is 34.0. The van der Waals surface area contributed by atoms with Gasteiger partial charge in [-0.05, 0) is 68.8 Å². The van der Waals surface area contributed by atoms with Crippen LogP contribution in [-0.4, -0.2) is 19.9 Å². The highest BCUT2D eigenvalue weighted by atomic mass is 32.2. The summed E-state index contributed by atoms with van der Waals surface area (Å²) in [5, 5.41) is 0. The molecule has 6 aromatic carbocycles. The van der Waals surface area contributed by atoms with E-state index in [-0.39, 0.29) is 0 Å². The minimum absolute atomic E-state index is 0.622. The molecule has 1 aliphatic heterocycles. The SMILES string of the molecule is C1=Cc2ccc(-c3nc(-c4ccccc4)nc(-c4ccc(-c5cccnc5)cc4)n3)cc2-c2ccccc2Sc2ccccc2-c2ccccc21. The van der Waals surface area contributed by atoms with Crippen molar-refractivity contribution in [2.24, 2.45) is 0 Å². The second kappa shape index (κ2) is 13.5. The van der Waals surface area contributed by atoms with E-state index in [0.717, 1.165) is 44.5 Å². The summed E-state index contributed by atoms with van der Waals surface area (Å²) >= 11 is 1.80. The highest BCUT2D eigenvalue weighted by Crippen LogP contribution is 2.44. The van der Waals surface area contributed by atoms with Gasteiger partial charge in [-0.2, -0.15) is 0 Å². The lowest BCUT2D eigenvalue weighted by molar-refractivity contribution is 1.07. The fraction of sp³-hybridized carbons (Fsp3) is 0. The maximum absolute atomic E-state index is 5.10. The first-order valence-electron chi connectivity index (χ1n) is 16.9. The van der Waals surface area contributed by atoms with E-state index in [1.54, 1.807) is 18.0 Å². The van der Waals surface area contributed by atoms with Gasteiger partial charge in [0.2, 0.25) is 0 Å². The predicted molar refractivity (Wildman–Crippen MR) is 210 cm³/mol. The zero-order valence-corrected chi connectivity index (χ0v) is 28.3. The van der Waals surface area contributed by atoms with Crippen molar-refractivity contribution in [3.8, 4) is 67.5 Å². The summed E-state index contributed by atoms with van der Waals surface area (Å²) in [6.07, 6.45) is 8.12. The average Bonchev–Trinajstić information content (AvgIpc) is 3.23. The number of pyridine rings is 1. The molecule has 8 aromatic rings. The van der Waals surface area contributed by atoms with Gasteiger partial charge < -0.3 is 0 Å². The first kappa shape index (κ1) is 30.6. The topological polar surface area (TPSA) is 51.6 Å². The molecular formula is C46H30N4S. The highest BCUT2D eigenvalue weighted by molar-refractivity contribution is 7.99. The summed E-state index contributed by atoms with van der Waals surface area (Å²) in [5.74, 6) is 1.88. The van der Waals surface area contributed by atoms with Gasteiger partial charge in [-0.25, -0.2) is 15.0 Å². The quantitative estimate of drug-likeness (QED) is 0.186. The van der Waals surface area contributed by atoms with Gasteiger partial charge in [0.1, 0.15) is 0 Å². The van der Waals surface area contributed by atoms with Gasteiger partial charge in [-0.3, -0.25) is 4.98 Å². The van der Waals surface area contributed by atoms with E-state index in [0.29, 0.717) is 17.5 Å². The van der Waals surface area contributed by atoms with Crippen molar-refractivity contribution >= 4 is 23.9 Å². The lowest BCUT2D eigenvalue weighted by Gasteiger charge is -2.15. The van der Waals surface area contributed by atoms with E-state index in [4.69, 9.17) is 15.0 Å². The molecule has 1 aliphatic rings. The molecular weight excluding hydrogens is 641 g/mol. The largest absolute Gasteiger partial charge is 0.264 e. The Labute approximate surface area is 301 Å². The number of rotatable bonds is 4. The zero-order valence-electron chi connectivity index (χ0n) is 27.5. The summed E-state index contributed by atoms with van der Waals surface area (Å²) in [6.45, 7) is 0. The molecule has 240 valence electrons. The van der Waals surface area contributed by atoms with Crippen molar-refractivity contribution < 1.29 is 0 Å². The van der Waals surface area contributed by atoms with Crippen LogP contribution in [0.15, 0.2) is 180 Å². The molecule has 0 unspecified atom stereocenters. The molecule has 0 bridgehead atoms.